The van der Waals surface area contributed by atoms with Gasteiger partial charge in [0.15, 0.2) is 0 Å². The minimum absolute atomic E-state index is 0.0319. The minimum atomic E-state index is -4.26. The lowest BCUT2D eigenvalue weighted by molar-refractivity contribution is 0.537. The van der Waals surface area contributed by atoms with Crippen molar-refractivity contribution in [1.29, 1.82) is 0 Å². The zero-order chi connectivity index (χ0) is 7.73. The fourth-order valence-electron chi connectivity index (χ4n) is 0.537. The number of halogens is 2. The molecule has 0 heterocycles. The van der Waals surface area contributed by atoms with Gasteiger partial charge in [0.1, 0.15) is 0 Å². The van der Waals surface area contributed by atoms with E-state index >= 15 is 0 Å². The quantitative estimate of drug-likeness (QED) is 0.683. The minimum Gasteiger partial charge on any atom is -0.277 e. The van der Waals surface area contributed by atoms with Crippen molar-refractivity contribution >= 4 is 29.1 Å². The summed E-state index contributed by atoms with van der Waals surface area (Å²) in [6, 6.07) is 0. The maximum atomic E-state index is 10.7. The van der Waals surface area contributed by atoms with Crippen LogP contribution in [-0.4, -0.2) is 14.5 Å². The van der Waals surface area contributed by atoms with Crippen molar-refractivity contribution in [3.8, 4) is 0 Å². The summed E-state index contributed by atoms with van der Waals surface area (Å²) in [6.45, 7) is 3.54. The summed E-state index contributed by atoms with van der Waals surface area (Å²) in [5, 5.41) is 0. The van der Waals surface area contributed by atoms with Crippen molar-refractivity contribution in [1.82, 2.24) is 0 Å². The molecule has 5 heteroatoms. The predicted octanol–water partition coefficient (Wildman–Crippen LogP) is 2.24. The molecule has 0 bridgehead atoms. The lowest BCUT2D eigenvalue weighted by atomic mass is 10.3. The van der Waals surface area contributed by atoms with E-state index in [-0.39, 0.29) is 11.7 Å². The lowest BCUT2D eigenvalue weighted by Gasteiger charge is -2.27. The van der Waals surface area contributed by atoms with Crippen LogP contribution in [0.4, 0.5) is 0 Å². The van der Waals surface area contributed by atoms with Crippen LogP contribution in [0.25, 0.3) is 0 Å². The van der Waals surface area contributed by atoms with E-state index in [2.05, 4.69) is 0 Å². The maximum absolute atomic E-state index is 10.7. The zero-order valence-corrected chi connectivity index (χ0v) is 7.63. The highest BCUT2D eigenvalue weighted by Crippen LogP contribution is 2.34. The summed E-state index contributed by atoms with van der Waals surface area (Å²) in [6.07, 6.45) is 0. The Morgan fingerprint density at radius 1 is 1.56 bits per heavy atom. The third-order valence-corrected chi connectivity index (χ3v) is 2.56. The molecule has 2 nitrogen and oxygen atoms in total. The highest BCUT2D eigenvalue weighted by Gasteiger charge is 2.21. The van der Waals surface area contributed by atoms with Gasteiger partial charge in [-0.05, 0) is 13.7 Å². The predicted molar refractivity (Wildman–Crippen MR) is 42.2 cm³/mol. The number of hydrogen-bond donors (Lipinski definition) is 1. The van der Waals surface area contributed by atoms with Gasteiger partial charge in [-0.15, -0.1) is 0 Å². The monoisotopic (exact) mass is 192 g/mol. The molecule has 0 atom stereocenters. The maximum Gasteiger partial charge on any atom is 0.0661 e. The van der Waals surface area contributed by atoms with Gasteiger partial charge in [-0.2, -0.15) is 4.21 Å². The molecule has 0 aliphatic heterocycles. The summed E-state index contributed by atoms with van der Waals surface area (Å²) < 4.78 is 19.4. The average Bonchev–Trinajstić information content (AvgIpc) is 1.16. The molecule has 0 amide bonds. The van der Waals surface area contributed by atoms with E-state index in [1.807, 2.05) is 0 Å². The van der Waals surface area contributed by atoms with Crippen molar-refractivity contribution in [3.05, 3.63) is 0 Å². The van der Waals surface area contributed by atoms with Crippen molar-refractivity contribution in [2.45, 2.75) is 13.8 Å². The van der Waals surface area contributed by atoms with Crippen LogP contribution in [0, 0.1) is 5.92 Å². The van der Waals surface area contributed by atoms with E-state index < -0.39 is 7.77 Å². The van der Waals surface area contributed by atoms with E-state index in [0.29, 0.717) is 0 Å². The van der Waals surface area contributed by atoms with Crippen LogP contribution >= 0.6 is 21.4 Å². The van der Waals surface area contributed by atoms with E-state index in [1.165, 1.54) is 0 Å². The second-order valence-electron chi connectivity index (χ2n) is 2.42. The molecule has 58 valence electrons. The first kappa shape index (κ1) is 9.69. The van der Waals surface area contributed by atoms with Gasteiger partial charge in [-0.25, -0.2) is 0 Å². The van der Waals surface area contributed by atoms with Crippen LogP contribution in [0.1, 0.15) is 13.8 Å². The highest BCUT2D eigenvalue weighted by molar-refractivity contribution is 8.50. The molecule has 0 fully saturated rings. The van der Waals surface area contributed by atoms with Crippen molar-refractivity contribution in [3.63, 3.8) is 0 Å². The molecular weight excluding hydrogens is 183 g/mol. The van der Waals surface area contributed by atoms with E-state index in [9.17, 15) is 4.21 Å². The molecule has 0 saturated carbocycles. The van der Waals surface area contributed by atoms with Gasteiger partial charge in [0, 0.05) is 21.4 Å². The topological polar surface area (TPSA) is 37.3 Å². The zero-order valence-electron chi connectivity index (χ0n) is 5.30. The Kier molecular flexibility index (Phi) is 2.56. The first-order valence-electron chi connectivity index (χ1n) is 2.51. The Morgan fingerprint density at radius 3 is 1.89 bits per heavy atom. The van der Waals surface area contributed by atoms with Crippen molar-refractivity contribution in [2.24, 2.45) is 5.92 Å². The molecule has 0 aliphatic rings. The Balaban J connectivity index is 4.07. The molecule has 0 unspecified atom stereocenters. The average molecular weight is 193 g/mol. The Hall–Kier alpha value is 0.690. The van der Waals surface area contributed by atoms with Crippen LogP contribution in [-0.2, 0) is 7.77 Å². The van der Waals surface area contributed by atoms with Crippen LogP contribution in [0.5, 0.6) is 0 Å². The normalized spacial score (nSPS) is 17.3. The Bertz CT molecular complexity index is 149. The molecule has 9 heavy (non-hydrogen) atoms. The largest absolute Gasteiger partial charge is 0.277 e. The van der Waals surface area contributed by atoms with Crippen LogP contribution < -0.4 is 0 Å². The van der Waals surface area contributed by atoms with Crippen LogP contribution in [0.3, 0.4) is 0 Å². The third-order valence-electron chi connectivity index (χ3n) is 0.602. The molecular formula is C4H10Cl2O2S. The molecule has 0 rings (SSSR count). The summed E-state index contributed by atoms with van der Waals surface area (Å²) in [5.41, 5.74) is 0. The summed E-state index contributed by atoms with van der Waals surface area (Å²) >= 11 is 0. The Morgan fingerprint density at radius 2 is 1.89 bits per heavy atom. The third kappa shape index (κ3) is 8.69. The standard InChI is InChI=1S/C4H10Cl2O2S/c1-4(2)3-9(5,6,7)8/h4H,3H2,1-2H3,(H,7,8). The fraction of sp³-hybridized carbons (Fsp3) is 1.00. The van der Waals surface area contributed by atoms with Crippen LogP contribution in [0.15, 0.2) is 0 Å². The molecule has 0 aromatic rings. The molecule has 0 aromatic heterocycles. The highest BCUT2D eigenvalue weighted by atomic mass is 36.0. The second kappa shape index (κ2) is 2.38. The Labute approximate surface area is 63.8 Å². The fourth-order valence-corrected chi connectivity index (χ4v) is 3.12. The van der Waals surface area contributed by atoms with Gasteiger partial charge in [0.05, 0.1) is 5.75 Å². The summed E-state index contributed by atoms with van der Waals surface area (Å²) in [5.74, 6) is -0.0372. The lowest BCUT2D eigenvalue weighted by Crippen LogP contribution is -2.23. The first-order chi connectivity index (χ1) is 3.67. The van der Waals surface area contributed by atoms with Gasteiger partial charge in [-0.3, -0.25) is 4.55 Å². The smallest absolute Gasteiger partial charge is 0.0661 e. The van der Waals surface area contributed by atoms with Gasteiger partial charge in [0.25, 0.3) is 0 Å². The molecule has 0 aromatic carbocycles. The summed E-state index contributed by atoms with van der Waals surface area (Å²) in [4.78, 5) is 0. The second-order valence-corrected chi connectivity index (χ2v) is 8.77. The molecule has 0 spiro atoms. The first-order valence-corrected chi connectivity index (χ1v) is 6.25. The molecule has 0 radical (unpaired) electrons. The van der Waals surface area contributed by atoms with E-state index in [4.69, 9.17) is 25.9 Å². The number of rotatable bonds is 2. The van der Waals surface area contributed by atoms with Crippen LogP contribution in [0.2, 0.25) is 0 Å². The van der Waals surface area contributed by atoms with E-state index in [1.54, 1.807) is 13.8 Å². The molecule has 1 N–H and O–H groups in total. The number of hydrogen-bond acceptors (Lipinski definition) is 1. The van der Waals surface area contributed by atoms with Gasteiger partial charge < -0.3 is 0 Å². The van der Waals surface area contributed by atoms with Gasteiger partial charge in [0.2, 0.25) is 0 Å². The summed E-state index contributed by atoms with van der Waals surface area (Å²) in [7, 11) is 5.86. The SMILES string of the molecule is CC(C)CS(=O)(O)(Cl)Cl. The van der Waals surface area contributed by atoms with Gasteiger partial charge >= 0.3 is 0 Å². The van der Waals surface area contributed by atoms with E-state index in [0.717, 1.165) is 0 Å². The molecule has 0 saturated heterocycles. The van der Waals surface area contributed by atoms with Crippen molar-refractivity contribution < 1.29 is 8.76 Å². The van der Waals surface area contributed by atoms with Gasteiger partial charge in [-0.1, -0.05) is 13.8 Å². The molecule has 0 aliphatic carbocycles. The van der Waals surface area contributed by atoms with Crippen molar-refractivity contribution in [2.75, 3.05) is 5.75 Å².